The molecule has 0 fully saturated rings. The van der Waals surface area contributed by atoms with Crippen molar-refractivity contribution in [2.24, 2.45) is 0 Å². The zero-order valence-corrected chi connectivity index (χ0v) is 16.1. The number of benzene rings is 1. The van der Waals surface area contributed by atoms with Crippen molar-refractivity contribution in [1.82, 2.24) is 4.98 Å². The molecule has 0 unspecified atom stereocenters. The Morgan fingerprint density at radius 3 is 2.90 bits per heavy atom. The lowest BCUT2D eigenvalue weighted by molar-refractivity contribution is -0.143. The van der Waals surface area contributed by atoms with Gasteiger partial charge < -0.3 is 15.0 Å². The van der Waals surface area contributed by atoms with E-state index >= 15 is 0 Å². The van der Waals surface area contributed by atoms with Crippen LogP contribution in [0.15, 0.2) is 18.2 Å². The van der Waals surface area contributed by atoms with Crippen LogP contribution in [0.4, 0.5) is 10.1 Å². The second kappa shape index (κ2) is 7.66. The average molecular weight is 396 g/mol. The molecule has 2 heterocycles. The number of aromatic amines is 1. The number of fused-ring (bicyclic) bond motifs is 2. The van der Waals surface area contributed by atoms with Crippen LogP contribution in [0.1, 0.15) is 59.1 Å². The SMILES string of the molecule is CCOC(=O)CCc1c(C=C2C(=O)Nc3ccc(F)cc32)[nH]c2c1C(=O)CCC2. The van der Waals surface area contributed by atoms with Crippen molar-refractivity contribution < 1.29 is 23.5 Å². The highest BCUT2D eigenvalue weighted by Gasteiger charge is 2.29. The van der Waals surface area contributed by atoms with E-state index in [2.05, 4.69) is 10.3 Å². The Balaban J connectivity index is 1.77. The molecule has 2 aromatic rings. The summed E-state index contributed by atoms with van der Waals surface area (Å²) in [5.74, 6) is -1.07. The largest absolute Gasteiger partial charge is 0.466 e. The van der Waals surface area contributed by atoms with E-state index in [-0.39, 0.29) is 24.1 Å². The van der Waals surface area contributed by atoms with Crippen LogP contribution >= 0.6 is 0 Å². The van der Waals surface area contributed by atoms with Crippen molar-refractivity contribution in [2.75, 3.05) is 11.9 Å². The fourth-order valence-corrected chi connectivity index (χ4v) is 3.98. The number of rotatable bonds is 5. The number of hydrogen-bond donors (Lipinski definition) is 2. The summed E-state index contributed by atoms with van der Waals surface area (Å²) >= 11 is 0. The Morgan fingerprint density at radius 1 is 1.28 bits per heavy atom. The van der Waals surface area contributed by atoms with Gasteiger partial charge in [0.25, 0.3) is 5.91 Å². The monoisotopic (exact) mass is 396 g/mol. The summed E-state index contributed by atoms with van der Waals surface area (Å²) in [5.41, 5.74) is 4.10. The molecular formula is C22H21FN2O4. The highest BCUT2D eigenvalue weighted by Crippen LogP contribution is 2.36. The van der Waals surface area contributed by atoms with Crippen molar-refractivity contribution >= 4 is 35.0 Å². The third-order valence-electron chi connectivity index (χ3n) is 5.26. The molecule has 0 saturated carbocycles. The van der Waals surface area contributed by atoms with Crippen LogP contribution < -0.4 is 5.32 Å². The summed E-state index contributed by atoms with van der Waals surface area (Å²) in [7, 11) is 0. The fraction of sp³-hybridized carbons (Fsp3) is 0.318. The Kier molecular flexibility index (Phi) is 5.05. The van der Waals surface area contributed by atoms with Crippen LogP contribution in [0, 0.1) is 5.82 Å². The highest BCUT2D eigenvalue weighted by atomic mass is 19.1. The van der Waals surface area contributed by atoms with Gasteiger partial charge in [-0.2, -0.15) is 0 Å². The number of esters is 1. The number of carbonyl (C=O) groups excluding carboxylic acids is 3. The van der Waals surface area contributed by atoms with Crippen LogP contribution in [0.25, 0.3) is 11.6 Å². The Morgan fingerprint density at radius 2 is 2.10 bits per heavy atom. The van der Waals surface area contributed by atoms with E-state index in [1.54, 1.807) is 13.0 Å². The standard InChI is InChI=1S/C22H21FN2O4/c1-2-29-20(27)9-7-13-18(24-17-4-3-5-19(26)21(13)17)11-15-14-10-12(23)6-8-16(14)25-22(15)28/h6,8,10-11,24H,2-5,7,9H2,1H3,(H,25,28). The summed E-state index contributed by atoms with van der Waals surface area (Å²) < 4.78 is 18.7. The maximum Gasteiger partial charge on any atom is 0.306 e. The van der Waals surface area contributed by atoms with E-state index in [9.17, 15) is 18.8 Å². The molecule has 1 aromatic heterocycles. The van der Waals surface area contributed by atoms with Gasteiger partial charge in [0.1, 0.15) is 5.82 Å². The predicted molar refractivity (Wildman–Crippen MR) is 106 cm³/mol. The van der Waals surface area contributed by atoms with E-state index in [1.807, 2.05) is 0 Å². The van der Waals surface area contributed by atoms with E-state index < -0.39 is 5.82 Å². The van der Waals surface area contributed by atoms with E-state index in [4.69, 9.17) is 4.74 Å². The number of ether oxygens (including phenoxy) is 1. The molecule has 1 aliphatic carbocycles. The van der Waals surface area contributed by atoms with Crippen molar-refractivity contribution in [3.63, 3.8) is 0 Å². The molecule has 6 nitrogen and oxygen atoms in total. The molecule has 0 atom stereocenters. The number of hydrogen-bond acceptors (Lipinski definition) is 4. The van der Waals surface area contributed by atoms with Gasteiger partial charge in [-0.3, -0.25) is 14.4 Å². The Hall–Kier alpha value is -3.22. The lowest BCUT2D eigenvalue weighted by Crippen LogP contribution is -2.12. The molecular weight excluding hydrogens is 375 g/mol. The van der Waals surface area contributed by atoms with Crippen LogP contribution in [-0.2, 0) is 27.2 Å². The first-order valence-electron chi connectivity index (χ1n) is 9.73. The van der Waals surface area contributed by atoms with Crippen molar-refractivity contribution in [3.8, 4) is 0 Å². The van der Waals surface area contributed by atoms with Crippen LogP contribution in [-0.4, -0.2) is 29.3 Å². The number of halogens is 1. The van der Waals surface area contributed by atoms with Gasteiger partial charge in [-0.15, -0.1) is 0 Å². The minimum absolute atomic E-state index is 0.0355. The molecule has 1 amide bonds. The van der Waals surface area contributed by atoms with Gasteiger partial charge >= 0.3 is 5.97 Å². The van der Waals surface area contributed by atoms with Crippen LogP contribution in [0.5, 0.6) is 0 Å². The number of Topliss-reactive ketones (excluding diaryl/α,β-unsaturated/α-hetero) is 1. The summed E-state index contributed by atoms with van der Waals surface area (Å²) in [6.07, 6.45) is 4.06. The molecule has 2 N–H and O–H groups in total. The fourth-order valence-electron chi connectivity index (χ4n) is 3.98. The van der Waals surface area contributed by atoms with Gasteiger partial charge in [0.05, 0.1) is 12.2 Å². The third-order valence-corrected chi connectivity index (χ3v) is 5.26. The summed E-state index contributed by atoms with van der Waals surface area (Å²) in [5, 5.41) is 2.72. The van der Waals surface area contributed by atoms with Crippen molar-refractivity contribution in [1.29, 1.82) is 0 Å². The zero-order chi connectivity index (χ0) is 20.5. The first-order chi connectivity index (χ1) is 14.0. The van der Waals surface area contributed by atoms with E-state index in [0.717, 1.165) is 18.5 Å². The molecule has 0 spiro atoms. The lowest BCUT2D eigenvalue weighted by atomic mass is 9.91. The van der Waals surface area contributed by atoms with Crippen molar-refractivity contribution in [2.45, 2.75) is 39.0 Å². The second-order valence-corrected chi connectivity index (χ2v) is 7.15. The summed E-state index contributed by atoms with van der Waals surface area (Å²) in [6, 6.07) is 4.12. The first-order valence-corrected chi connectivity index (χ1v) is 9.73. The average Bonchev–Trinajstić information content (AvgIpc) is 3.19. The number of anilines is 1. The second-order valence-electron chi connectivity index (χ2n) is 7.15. The minimum atomic E-state index is -0.436. The third kappa shape index (κ3) is 3.60. The molecule has 0 radical (unpaired) electrons. The Labute approximate surface area is 167 Å². The van der Waals surface area contributed by atoms with Gasteiger partial charge in [-0.25, -0.2) is 4.39 Å². The summed E-state index contributed by atoms with van der Waals surface area (Å²) in [4.78, 5) is 40.1. The molecule has 7 heteroatoms. The number of nitrogens with one attached hydrogen (secondary N) is 2. The normalized spacial score (nSPS) is 16.6. The maximum absolute atomic E-state index is 13.7. The smallest absolute Gasteiger partial charge is 0.306 e. The van der Waals surface area contributed by atoms with Crippen LogP contribution in [0.3, 0.4) is 0 Å². The molecule has 2 aliphatic rings. The molecule has 4 rings (SSSR count). The van der Waals surface area contributed by atoms with Gasteiger partial charge in [-0.05, 0) is 56.0 Å². The number of ketones is 1. The number of amides is 1. The Bertz CT molecular complexity index is 1050. The molecule has 1 aliphatic heterocycles. The number of aromatic nitrogens is 1. The molecule has 0 bridgehead atoms. The van der Waals surface area contributed by atoms with Gasteiger partial charge in [0, 0.05) is 41.0 Å². The van der Waals surface area contributed by atoms with Crippen molar-refractivity contribution in [3.05, 3.63) is 52.1 Å². The first kappa shape index (κ1) is 19.1. The number of aryl methyl sites for hydroxylation is 1. The maximum atomic E-state index is 13.7. The van der Waals surface area contributed by atoms with Gasteiger partial charge in [-0.1, -0.05) is 0 Å². The molecule has 1 aromatic carbocycles. The molecule has 29 heavy (non-hydrogen) atoms. The van der Waals surface area contributed by atoms with E-state index in [0.29, 0.717) is 53.1 Å². The molecule has 0 saturated heterocycles. The number of carbonyl (C=O) groups is 3. The summed E-state index contributed by atoms with van der Waals surface area (Å²) in [6.45, 7) is 2.03. The van der Waals surface area contributed by atoms with Crippen LogP contribution in [0.2, 0.25) is 0 Å². The van der Waals surface area contributed by atoms with E-state index in [1.165, 1.54) is 18.2 Å². The minimum Gasteiger partial charge on any atom is -0.466 e. The van der Waals surface area contributed by atoms with Gasteiger partial charge in [0.2, 0.25) is 0 Å². The highest BCUT2D eigenvalue weighted by molar-refractivity contribution is 6.35. The number of H-pyrrole nitrogens is 1. The topological polar surface area (TPSA) is 88.3 Å². The lowest BCUT2D eigenvalue weighted by Gasteiger charge is -2.11. The predicted octanol–water partition coefficient (Wildman–Crippen LogP) is 3.66. The quantitative estimate of drug-likeness (QED) is 0.596. The van der Waals surface area contributed by atoms with Gasteiger partial charge in [0.15, 0.2) is 5.78 Å². The molecule has 150 valence electrons. The zero-order valence-electron chi connectivity index (χ0n) is 16.1.